The van der Waals surface area contributed by atoms with Gasteiger partial charge in [0.05, 0.1) is 0 Å². The van der Waals surface area contributed by atoms with Crippen molar-refractivity contribution in [1.29, 1.82) is 0 Å². The van der Waals surface area contributed by atoms with Gasteiger partial charge >= 0.3 is 5.97 Å². The summed E-state index contributed by atoms with van der Waals surface area (Å²) in [6.45, 7) is 0.789. The molecular formula is C25H23ClN2O3. The summed E-state index contributed by atoms with van der Waals surface area (Å²) in [5.41, 5.74) is 3.84. The largest absolute Gasteiger partial charge is 0.489 e. The highest BCUT2D eigenvalue weighted by molar-refractivity contribution is 6.31. The van der Waals surface area contributed by atoms with Crippen molar-refractivity contribution < 1.29 is 14.6 Å². The zero-order valence-corrected chi connectivity index (χ0v) is 17.6. The average molecular weight is 435 g/mol. The van der Waals surface area contributed by atoms with Crippen LogP contribution in [0.1, 0.15) is 16.7 Å². The quantitative estimate of drug-likeness (QED) is 0.339. The second kappa shape index (κ2) is 9.69. The maximum Gasteiger partial charge on any atom is 0.321 e. The van der Waals surface area contributed by atoms with Crippen LogP contribution in [0.4, 0.5) is 0 Å². The zero-order valence-electron chi connectivity index (χ0n) is 16.8. The molecule has 0 spiro atoms. The van der Waals surface area contributed by atoms with Crippen molar-refractivity contribution >= 4 is 28.5 Å². The molecule has 4 rings (SSSR count). The van der Waals surface area contributed by atoms with Gasteiger partial charge in [0.15, 0.2) is 0 Å². The van der Waals surface area contributed by atoms with E-state index >= 15 is 0 Å². The third-order valence-electron chi connectivity index (χ3n) is 5.20. The molecule has 31 heavy (non-hydrogen) atoms. The van der Waals surface area contributed by atoms with E-state index in [0.717, 1.165) is 27.6 Å². The number of hydrogen-bond donors (Lipinski definition) is 3. The highest BCUT2D eigenvalue weighted by Crippen LogP contribution is 2.21. The molecule has 5 nitrogen and oxygen atoms in total. The molecule has 0 bridgehead atoms. The number of aliphatic carboxylic acids is 1. The van der Waals surface area contributed by atoms with Crippen LogP contribution in [0.2, 0.25) is 5.02 Å². The summed E-state index contributed by atoms with van der Waals surface area (Å²) in [6, 6.07) is 22.4. The number of carbonyl (C=O) groups is 1. The second-order valence-electron chi connectivity index (χ2n) is 7.36. The van der Waals surface area contributed by atoms with E-state index in [2.05, 4.69) is 10.3 Å². The first kappa shape index (κ1) is 21.0. The van der Waals surface area contributed by atoms with Crippen molar-refractivity contribution in [3.63, 3.8) is 0 Å². The third-order valence-corrected chi connectivity index (χ3v) is 5.57. The number of carboxylic acid groups (broad SMARTS) is 1. The fraction of sp³-hybridized carbons (Fsp3) is 0.160. The van der Waals surface area contributed by atoms with Gasteiger partial charge in [0.25, 0.3) is 0 Å². The molecule has 0 amide bonds. The van der Waals surface area contributed by atoms with E-state index in [-0.39, 0.29) is 0 Å². The number of fused-ring (bicyclic) bond motifs is 1. The number of para-hydroxylation sites is 1. The Bertz CT molecular complexity index is 1190. The highest BCUT2D eigenvalue weighted by atomic mass is 35.5. The molecule has 0 radical (unpaired) electrons. The Labute approximate surface area is 185 Å². The van der Waals surface area contributed by atoms with Gasteiger partial charge in [0.2, 0.25) is 0 Å². The summed E-state index contributed by atoms with van der Waals surface area (Å²) < 4.78 is 5.87. The lowest BCUT2D eigenvalue weighted by Crippen LogP contribution is -2.38. The number of aromatic amines is 1. The monoisotopic (exact) mass is 434 g/mol. The van der Waals surface area contributed by atoms with Crippen LogP contribution in [0.25, 0.3) is 10.9 Å². The Morgan fingerprint density at radius 3 is 2.68 bits per heavy atom. The van der Waals surface area contributed by atoms with Crippen molar-refractivity contribution in [2.24, 2.45) is 0 Å². The number of nitrogens with one attached hydrogen (secondary N) is 2. The first-order valence-corrected chi connectivity index (χ1v) is 10.4. The van der Waals surface area contributed by atoms with Crippen LogP contribution >= 0.6 is 11.6 Å². The minimum atomic E-state index is -0.878. The van der Waals surface area contributed by atoms with Crippen LogP contribution in [0.3, 0.4) is 0 Å². The molecule has 6 heteroatoms. The topological polar surface area (TPSA) is 74.3 Å². The van der Waals surface area contributed by atoms with Gasteiger partial charge in [-0.2, -0.15) is 0 Å². The molecule has 0 fully saturated rings. The molecule has 1 aromatic heterocycles. The highest BCUT2D eigenvalue weighted by Gasteiger charge is 2.19. The molecule has 0 aliphatic heterocycles. The predicted molar refractivity (Wildman–Crippen MR) is 122 cm³/mol. The van der Waals surface area contributed by atoms with Crippen molar-refractivity contribution in [3.8, 4) is 5.75 Å². The van der Waals surface area contributed by atoms with E-state index in [9.17, 15) is 9.90 Å². The summed E-state index contributed by atoms with van der Waals surface area (Å²) in [7, 11) is 0. The van der Waals surface area contributed by atoms with E-state index in [1.165, 1.54) is 0 Å². The van der Waals surface area contributed by atoms with Crippen LogP contribution < -0.4 is 10.1 Å². The summed E-state index contributed by atoms with van der Waals surface area (Å²) in [5, 5.41) is 14.6. The van der Waals surface area contributed by atoms with Gasteiger partial charge in [-0.05, 0) is 35.4 Å². The number of hydrogen-bond acceptors (Lipinski definition) is 3. The van der Waals surface area contributed by atoms with E-state index < -0.39 is 12.0 Å². The number of halogens is 1. The summed E-state index contributed by atoms with van der Waals surface area (Å²) in [4.78, 5) is 15.0. The molecule has 0 unspecified atom stereocenters. The minimum Gasteiger partial charge on any atom is -0.489 e. The van der Waals surface area contributed by atoms with Crippen molar-refractivity contribution in [2.45, 2.75) is 25.6 Å². The first-order chi connectivity index (χ1) is 15.1. The maximum atomic E-state index is 11.8. The van der Waals surface area contributed by atoms with Crippen molar-refractivity contribution in [3.05, 3.63) is 101 Å². The number of H-pyrrole nitrogens is 1. The standard InChI is InChI=1S/C25H23ClN2O3/c26-22-10-3-1-7-18(22)16-31-20-8-5-6-17(12-20)14-27-24(25(29)30)13-19-15-28-23-11-4-2-9-21(19)23/h1-12,15,24,27-28H,13-14,16H2,(H,29,30)/t24-/m0/s1. The Balaban J connectivity index is 1.39. The molecule has 1 atom stereocenters. The smallest absolute Gasteiger partial charge is 0.321 e. The van der Waals surface area contributed by atoms with Gasteiger partial charge in [-0.25, -0.2) is 0 Å². The molecule has 0 aliphatic rings. The summed E-state index contributed by atoms with van der Waals surface area (Å²) >= 11 is 6.18. The van der Waals surface area contributed by atoms with Gasteiger partial charge in [-0.3, -0.25) is 4.79 Å². The van der Waals surface area contributed by atoms with E-state index in [0.29, 0.717) is 30.3 Å². The number of aromatic nitrogens is 1. The van der Waals surface area contributed by atoms with Gasteiger partial charge in [0.1, 0.15) is 18.4 Å². The molecule has 1 heterocycles. The Hall–Kier alpha value is -3.28. The summed E-state index contributed by atoms with van der Waals surface area (Å²) in [6.07, 6.45) is 2.27. The van der Waals surface area contributed by atoms with Crippen LogP contribution in [0.15, 0.2) is 79.0 Å². The maximum absolute atomic E-state index is 11.8. The van der Waals surface area contributed by atoms with Crippen LogP contribution in [0.5, 0.6) is 5.75 Å². The zero-order chi connectivity index (χ0) is 21.6. The minimum absolute atomic E-state index is 0.370. The van der Waals surface area contributed by atoms with Crippen LogP contribution in [-0.2, 0) is 24.4 Å². The van der Waals surface area contributed by atoms with Crippen LogP contribution in [-0.4, -0.2) is 22.1 Å². The Morgan fingerprint density at radius 2 is 1.84 bits per heavy atom. The molecule has 158 valence electrons. The van der Waals surface area contributed by atoms with E-state index in [1.807, 2.05) is 79.0 Å². The molecule has 0 aliphatic carbocycles. The number of benzene rings is 3. The van der Waals surface area contributed by atoms with Crippen LogP contribution in [0, 0.1) is 0 Å². The van der Waals surface area contributed by atoms with Gasteiger partial charge < -0.3 is 20.1 Å². The van der Waals surface area contributed by atoms with E-state index in [4.69, 9.17) is 16.3 Å². The lowest BCUT2D eigenvalue weighted by molar-refractivity contribution is -0.139. The fourth-order valence-electron chi connectivity index (χ4n) is 3.53. The van der Waals surface area contributed by atoms with Gasteiger partial charge in [0, 0.05) is 40.7 Å². The molecule has 3 N–H and O–H groups in total. The number of carboxylic acids is 1. The molecule has 0 saturated heterocycles. The average Bonchev–Trinajstić information content (AvgIpc) is 3.19. The number of ether oxygens (including phenoxy) is 1. The summed E-state index contributed by atoms with van der Waals surface area (Å²) in [5.74, 6) is -0.167. The lowest BCUT2D eigenvalue weighted by atomic mass is 10.0. The normalized spacial score (nSPS) is 12.0. The predicted octanol–water partition coefficient (Wildman–Crippen LogP) is 5.19. The van der Waals surface area contributed by atoms with Crippen molar-refractivity contribution in [1.82, 2.24) is 10.3 Å². The second-order valence-corrected chi connectivity index (χ2v) is 7.77. The Kier molecular flexibility index (Phi) is 6.55. The third kappa shape index (κ3) is 5.26. The molecule has 3 aromatic carbocycles. The SMILES string of the molecule is O=C(O)[C@H](Cc1c[nH]c2ccccc12)NCc1cccc(OCc2ccccc2Cl)c1. The van der Waals surface area contributed by atoms with E-state index in [1.54, 1.807) is 0 Å². The first-order valence-electron chi connectivity index (χ1n) is 10.1. The molecule has 0 saturated carbocycles. The number of rotatable bonds is 9. The van der Waals surface area contributed by atoms with Gasteiger partial charge in [-0.15, -0.1) is 0 Å². The lowest BCUT2D eigenvalue weighted by Gasteiger charge is -2.15. The molecular weight excluding hydrogens is 412 g/mol. The van der Waals surface area contributed by atoms with Gasteiger partial charge in [-0.1, -0.05) is 60.1 Å². The Morgan fingerprint density at radius 1 is 1.03 bits per heavy atom. The fourth-order valence-corrected chi connectivity index (χ4v) is 3.72. The van der Waals surface area contributed by atoms with Crippen molar-refractivity contribution in [2.75, 3.05) is 0 Å². The molecule has 4 aromatic rings.